The maximum absolute atomic E-state index is 13.9. The van der Waals surface area contributed by atoms with Crippen molar-refractivity contribution >= 4 is 17.0 Å². The SMILES string of the molecule is CCCc1cc2c(C(F)(F)F)cc(=O)oc2c(CCC)c1OCCCCCCN1COC(c2ccccc2)(c2ccc(C)cc2)NC1=O. The Balaban J connectivity index is 1.19. The predicted molar refractivity (Wildman–Crippen MR) is 179 cm³/mol. The smallest absolute Gasteiger partial charge is 0.417 e. The van der Waals surface area contributed by atoms with E-state index in [1.54, 1.807) is 4.90 Å². The van der Waals surface area contributed by atoms with Crippen LogP contribution in [0.15, 0.2) is 75.9 Å². The lowest BCUT2D eigenvalue weighted by Gasteiger charge is -2.43. The van der Waals surface area contributed by atoms with E-state index in [-0.39, 0.29) is 23.7 Å². The first-order valence-corrected chi connectivity index (χ1v) is 16.7. The Bertz CT molecular complexity index is 1760. The molecule has 0 radical (unpaired) electrons. The van der Waals surface area contributed by atoms with E-state index in [2.05, 4.69) is 5.32 Å². The Morgan fingerprint density at radius 2 is 1.58 bits per heavy atom. The lowest BCUT2D eigenvalue weighted by atomic mass is 9.93. The van der Waals surface area contributed by atoms with Gasteiger partial charge in [0, 0.05) is 34.7 Å². The fraction of sp³-hybridized carbons (Fsp3) is 0.421. The van der Waals surface area contributed by atoms with E-state index in [4.69, 9.17) is 13.9 Å². The Kier molecular flexibility index (Phi) is 11.1. The Morgan fingerprint density at radius 1 is 0.896 bits per heavy atom. The van der Waals surface area contributed by atoms with Crippen LogP contribution in [0.2, 0.25) is 0 Å². The first kappa shape index (κ1) is 35.0. The number of amides is 2. The normalized spacial score (nSPS) is 16.7. The average molecular weight is 665 g/mol. The zero-order chi connectivity index (χ0) is 34.3. The van der Waals surface area contributed by atoms with Gasteiger partial charge in [-0.2, -0.15) is 13.2 Å². The van der Waals surface area contributed by atoms with Crippen molar-refractivity contribution in [2.24, 2.45) is 0 Å². The molecule has 3 aromatic carbocycles. The van der Waals surface area contributed by atoms with Crippen LogP contribution in [0.3, 0.4) is 0 Å². The highest BCUT2D eigenvalue weighted by Crippen LogP contribution is 2.40. The Labute approximate surface area is 279 Å². The van der Waals surface area contributed by atoms with Gasteiger partial charge in [0.1, 0.15) is 18.1 Å². The predicted octanol–water partition coefficient (Wildman–Crippen LogP) is 8.87. The molecule has 7 nitrogen and oxygen atoms in total. The molecule has 5 rings (SSSR count). The van der Waals surface area contributed by atoms with Gasteiger partial charge in [-0.3, -0.25) is 0 Å². The second kappa shape index (κ2) is 15.3. The largest absolute Gasteiger partial charge is 0.493 e. The number of halogens is 3. The third-order valence-corrected chi connectivity index (χ3v) is 8.70. The zero-order valence-electron chi connectivity index (χ0n) is 27.8. The van der Waals surface area contributed by atoms with E-state index in [9.17, 15) is 22.8 Å². The average Bonchev–Trinajstić information content (AvgIpc) is 3.06. The minimum Gasteiger partial charge on any atom is -0.493 e. The third kappa shape index (κ3) is 7.70. The number of alkyl halides is 3. The van der Waals surface area contributed by atoms with Crippen molar-refractivity contribution < 1.29 is 31.9 Å². The number of benzene rings is 3. The Hall–Kier alpha value is -4.31. The third-order valence-electron chi connectivity index (χ3n) is 8.70. The molecule has 0 saturated carbocycles. The molecule has 2 amide bonds. The first-order chi connectivity index (χ1) is 23.1. The summed E-state index contributed by atoms with van der Waals surface area (Å²) < 4.78 is 59.6. The maximum Gasteiger partial charge on any atom is 0.417 e. The van der Waals surface area contributed by atoms with Crippen LogP contribution in [0.25, 0.3) is 11.0 Å². The number of aryl methyl sites for hydroxylation is 3. The minimum absolute atomic E-state index is 0.0489. The van der Waals surface area contributed by atoms with Crippen LogP contribution < -0.4 is 15.7 Å². The fourth-order valence-corrected chi connectivity index (χ4v) is 6.29. The molecule has 4 aromatic rings. The second-order valence-electron chi connectivity index (χ2n) is 12.3. The standard InChI is InChI=1S/C38H43F3N2O5/c1-4-13-27-23-31-32(38(39,40)41)24-33(44)48-35(31)30(14-5-2)34(27)46-22-12-7-6-11-21-43-25-47-37(42-36(43)45,28-15-9-8-10-16-28)29-19-17-26(3)18-20-29/h8-10,15-20,23-24H,4-7,11-14,21-22,25H2,1-3H3,(H,42,45). The Morgan fingerprint density at radius 3 is 2.25 bits per heavy atom. The number of unbranched alkanes of at least 4 members (excludes halogenated alkanes) is 3. The number of urea groups is 1. The van der Waals surface area contributed by atoms with Gasteiger partial charge in [0.15, 0.2) is 5.72 Å². The van der Waals surface area contributed by atoms with Gasteiger partial charge >= 0.3 is 17.8 Å². The molecule has 0 aliphatic carbocycles. The van der Waals surface area contributed by atoms with E-state index < -0.39 is 23.1 Å². The highest BCUT2D eigenvalue weighted by atomic mass is 19.4. The van der Waals surface area contributed by atoms with Crippen LogP contribution in [0.4, 0.5) is 18.0 Å². The molecular weight excluding hydrogens is 621 g/mol. The summed E-state index contributed by atoms with van der Waals surface area (Å²) in [4.78, 5) is 27.2. The van der Waals surface area contributed by atoms with Gasteiger partial charge < -0.3 is 24.1 Å². The van der Waals surface area contributed by atoms with E-state index in [1.807, 2.05) is 75.4 Å². The molecule has 10 heteroatoms. The molecule has 256 valence electrons. The lowest BCUT2D eigenvalue weighted by molar-refractivity contribution is -0.136. The number of nitrogens with one attached hydrogen (secondary N) is 1. The molecule has 0 bridgehead atoms. The molecule has 1 aliphatic heterocycles. The van der Waals surface area contributed by atoms with Crippen molar-refractivity contribution in [3.05, 3.63) is 111 Å². The van der Waals surface area contributed by atoms with Gasteiger partial charge in [0.2, 0.25) is 0 Å². The van der Waals surface area contributed by atoms with E-state index in [0.717, 1.165) is 48.8 Å². The van der Waals surface area contributed by atoms with Crippen LogP contribution in [0, 0.1) is 6.92 Å². The van der Waals surface area contributed by atoms with Crippen molar-refractivity contribution in [1.29, 1.82) is 0 Å². The van der Waals surface area contributed by atoms with Crippen LogP contribution >= 0.6 is 0 Å². The number of fused-ring (bicyclic) bond motifs is 1. The van der Waals surface area contributed by atoms with Gasteiger partial charge in [-0.15, -0.1) is 0 Å². The summed E-state index contributed by atoms with van der Waals surface area (Å²) in [6.07, 6.45) is 0.801. The molecule has 1 fully saturated rings. The van der Waals surface area contributed by atoms with Crippen molar-refractivity contribution in [1.82, 2.24) is 10.2 Å². The van der Waals surface area contributed by atoms with Gasteiger partial charge in [0.05, 0.1) is 12.2 Å². The van der Waals surface area contributed by atoms with E-state index in [1.165, 1.54) is 6.07 Å². The van der Waals surface area contributed by atoms with Crippen LogP contribution in [0.1, 0.15) is 85.8 Å². The summed E-state index contributed by atoms with van der Waals surface area (Å²) in [7, 11) is 0. The van der Waals surface area contributed by atoms with Gasteiger partial charge in [-0.05, 0) is 44.2 Å². The first-order valence-electron chi connectivity index (χ1n) is 16.7. The summed E-state index contributed by atoms with van der Waals surface area (Å²) in [5, 5.41) is 3.02. The maximum atomic E-state index is 13.9. The van der Waals surface area contributed by atoms with Crippen LogP contribution in [-0.2, 0) is 29.5 Å². The summed E-state index contributed by atoms with van der Waals surface area (Å²) in [6, 6.07) is 19.4. The summed E-state index contributed by atoms with van der Waals surface area (Å²) >= 11 is 0. The van der Waals surface area contributed by atoms with Crippen molar-refractivity contribution in [2.75, 3.05) is 19.9 Å². The zero-order valence-corrected chi connectivity index (χ0v) is 27.8. The fourth-order valence-electron chi connectivity index (χ4n) is 6.29. The molecule has 0 spiro atoms. The highest BCUT2D eigenvalue weighted by Gasteiger charge is 2.42. The molecule has 1 aromatic heterocycles. The van der Waals surface area contributed by atoms with Gasteiger partial charge in [0.25, 0.3) is 0 Å². The monoisotopic (exact) mass is 664 g/mol. The topological polar surface area (TPSA) is 81.0 Å². The van der Waals surface area contributed by atoms with Crippen molar-refractivity contribution in [3.63, 3.8) is 0 Å². The van der Waals surface area contributed by atoms with E-state index in [0.29, 0.717) is 55.4 Å². The number of hydrogen-bond donors (Lipinski definition) is 1. The van der Waals surface area contributed by atoms with Crippen molar-refractivity contribution in [3.8, 4) is 5.75 Å². The van der Waals surface area contributed by atoms with Crippen LogP contribution in [0.5, 0.6) is 5.75 Å². The van der Waals surface area contributed by atoms with Gasteiger partial charge in [-0.25, -0.2) is 9.59 Å². The molecule has 1 saturated heterocycles. The number of nitrogens with zero attached hydrogens (tertiary/aromatic N) is 1. The number of ether oxygens (including phenoxy) is 2. The number of hydrogen-bond acceptors (Lipinski definition) is 5. The second-order valence-corrected chi connectivity index (χ2v) is 12.3. The van der Waals surface area contributed by atoms with Gasteiger partial charge in [-0.1, -0.05) is 99.7 Å². The molecule has 1 aliphatic rings. The van der Waals surface area contributed by atoms with E-state index >= 15 is 0 Å². The number of rotatable bonds is 14. The van der Waals surface area contributed by atoms with Crippen LogP contribution in [-0.4, -0.2) is 30.8 Å². The summed E-state index contributed by atoms with van der Waals surface area (Å²) in [6.45, 7) is 6.93. The summed E-state index contributed by atoms with van der Waals surface area (Å²) in [5.74, 6) is 0.520. The summed E-state index contributed by atoms with van der Waals surface area (Å²) in [5.41, 5.74) is 0.865. The number of carbonyl (C=O) groups is 1. The molecular formula is C38H43F3N2O5. The molecule has 1 unspecified atom stereocenters. The molecule has 1 N–H and O–H groups in total. The molecule has 48 heavy (non-hydrogen) atoms. The minimum atomic E-state index is -4.68. The highest BCUT2D eigenvalue weighted by molar-refractivity contribution is 5.87. The van der Waals surface area contributed by atoms with Crippen molar-refractivity contribution in [2.45, 2.75) is 84.0 Å². The molecule has 2 heterocycles. The lowest BCUT2D eigenvalue weighted by Crippen LogP contribution is -2.60. The molecule has 1 atom stereocenters. The number of carbonyl (C=O) groups excluding carboxylic acids is 1. The quantitative estimate of drug-likeness (QED) is 0.108.